The van der Waals surface area contributed by atoms with Gasteiger partial charge in [0.15, 0.2) is 0 Å². The molecular weight excluding hydrogens is 420 g/mol. The Balaban J connectivity index is 1.47. The summed E-state index contributed by atoms with van der Waals surface area (Å²) in [6.45, 7) is -0.0366. The molecule has 8 heteroatoms. The maximum absolute atomic E-state index is 13.2. The number of aliphatic hydroxyl groups is 1. The van der Waals surface area contributed by atoms with Crippen LogP contribution >= 0.6 is 0 Å². The Kier molecular flexibility index (Phi) is 6.80. The van der Waals surface area contributed by atoms with Crippen molar-refractivity contribution in [3.8, 4) is 17.6 Å². The van der Waals surface area contributed by atoms with Crippen molar-refractivity contribution >= 4 is 17.6 Å². The van der Waals surface area contributed by atoms with Crippen LogP contribution in [0.2, 0.25) is 0 Å². The summed E-state index contributed by atoms with van der Waals surface area (Å²) in [7, 11) is 1.55. The summed E-state index contributed by atoms with van der Waals surface area (Å²) in [5, 5.41) is 12.2. The zero-order valence-electron chi connectivity index (χ0n) is 18.6. The number of carbonyl (C=O) groups is 2. The number of primary amides is 1. The number of methoxy groups -OCH3 is 1. The molecule has 8 nitrogen and oxygen atoms in total. The minimum absolute atomic E-state index is 0.0366. The number of rotatable bonds is 6. The molecule has 2 amide bonds. The van der Waals surface area contributed by atoms with E-state index in [1.54, 1.807) is 31.4 Å². The molecule has 2 bridgehead atoms. The molecule has 2 aromatic rings. The molecule has 0 radical (unpaired) electrons. The second-order valence-electron chi connectivity index (χ2n) is 8.36. The smallest absolute Gasteiger partial charge is 0.252 e. The van der Waals surface area contributed by atoms with E-state index in [0.717, 1.165) is 31.5 Å². The van der Waals surface area contributed by atoms with Gasteiger partial charge < -0.3 is 25.8 Å². The minimum Gasteiger partial charge on any atom is -0.495 e. The number of piperidine rings is 1. The number of hydrogen-bond acceptors (Lipinski definition) is 6. The molecule has 1 aromatic heterocycles. The first-order valence-corrected chi connectivity index (χ1v) is 11.1. The van der Waals surface area contributed by atoms with Crippen molar-refractivity contribution in [2.45, 2.75) is 50.2 Å². The van der Waals surface area contributed by atoms with Gasteiger partial charge in [0.05, 0.1) is 30.4 Å². The number of aliphatic hydroxyl groups excluding tert-OH is 1. The number of carbonyl (C=O) groups excluding carboxylic acids is 2. The highest BCUT2D eigenvalue weighted by Crippen LogP contribution is 2.38. The summed E-state index contributed by atoms with van der Waals surface area (Å²) >= 11 is 0. The Morgan fingerprint density at radius 2 is 2.00 bits per heavy atom. The van der Waals surface area contributed by atoms with E-state index >= 15 is 0 Å². The number of benzene rings is 1. The number of aromatic nitrogens is 1. The number of pyridine rings is 1. The van der Waals surface area contributed by atoms with E-state index in [1.807, 2.05) is 6.07 Å². The molecule has 2 aliphatic rings. The van der Waals surface area contributed by atoms with E-state index in [1.165, 1.54) is 6.20 Å². The topological polar surface area (TPSA) is 118 Å². The lowest BCUT2D eigenvalue weighted by atomic mass is 9.96. The van der Waals surface area contributed by atoms with Crippen LogP contribution in [-0.4, -0.2) is 53.7 Å². The molecule has 2 aliphatic heterocycles. The highest BCUT2D eigenvalue weighted by molar-refractivity contribution is 5.97. The van der Waals surface area contributed by atoms with Crippen LogP contribution in [0.1, 0.15) is 58.4 Å². The Labute approximate surface area is 193 Å². The first-order chi connectivity index (χ1) is 16.0. The largest absolute Gasteiger partial charge is 0.495 e. The zero-order valence-corrected chi connectivity index (χ0v) is 18.6. The van der Waals surface area contributed by atoms with Gasteiger partial charge in [-0.05, 0) is 49.9 Å². The van der Waals surface area contributed by atoms with Crippen LogP contribution in [0.5, 0.6) is 5.75 Å². The predicted molar refractivity (Wildman–Crippen MR) is 124 cm³/mol. The molecule has 0 spiro atoms. The Hall–Kier alpha value is -3.57. The Bertz CT molecular complexity index is 1080. The van der Waals surface area contributed by atoms with Crippen LogP contribution in [0.25, 0.3) is 0 Å². The number of ether oxygens (including phenoxy) is 1. The van der Waals surface area contributed by atoms with Gasteiger partial charge in [-0.1, -0.05) is 17.9 Å². The number of fused-ring (bicyclic) bond motifs is 2. The molecular formula is C25H28N4O4. The summed E-state index contributed by atoms with van der Waals surface area (Å²) in [6.07, 6.45) is 5.55. The molecule has 2 fully saturated rings. The highest BCUT2D eigenvalue weighted by Gasteiger charge is 2.42. The number of nitrogens with one attached hydrogen (secondary N) is 1. The van der Waals surface area contributed by atoms with Crippen molar-refractivity contribution in [1.82, 2.24) is 10.3 Å². The third-order valence-electron chi connectivity index (χ3n) is 6.31. The summed E-state index contributed by atoms with van der Waals surface area (Å²) in [6, 6.07) is 9.44. The average Bonchev–Trinajstić information content (AvgIpc) is 3.09. The summed E-state index contributed by atoms with van der Waals surface area (Å²) < 4.78 is 5.40. The Morgan fingerprint density at radius 3 is 2.61 bits per heavy atom. The normalized spacial score (nSPS) is 21.2. The zero-order chi connectivity index (χ0) is 23.4. The average molecular weight is 449 g/mol. The van der Waals surface area contributed by atoms with E-state index in [-0.39, 0.29) is 30.6 Å². The number of amides is 2. The van der Waals surface area contributed by atoms with Crippen molar-refractivity contribution in [3.63, 3.8) is 0 Å². The van der Waals surface area contributed by atoms with Crippen molar-refractivity contribution in [3.05, 3.63) is 53.2 Å². The molecule has 33 heavy (non-hydrogen) atoms. The second-order valence-corrected chi connectivity index (χ2v) is 8.36. The van der Waals surface area contributed by atoms with Crippen LogP contribution in [0.4, 0.5) is 5.82 Å². The van der Waals surface area contributed by atoms with Gasteiger partial charge in [-0.3, -0.25) is 9.59 Å². The summed E-state index contributed by atoms with van der Waals surface area (Å²) in [5.74, 6) is 6.57. The van der Waals surface area contributed by atoms with Gasteiger partial charge >= 0.3 is 0 Å². The quantitative estimate of drug-likeness (QED) is 0.581. The fourth-order valence-electron chi connectivity index (χ4n) is 4.84. The van der Waals surface area contributed by atoms with E-state index in [0.29, 0.717) is 28.9 Å². The van der Waals surface area contributed by atoms with Crippen molar-refractivity contribution in [2.24, 2.45) is 5.73 Å². The lowest BCUT2D eigenvalue weighted by Gasteiger charge is -2.40. The number of nitrogens with zero attached hydrogens (tertiary/aromatic N) is 2. The first-order valence-electron chi connectivity index (χ1n) is 11.1. The van der Waals surface area contributed by atoms with Gasteiger partial charge in [-0.2, -0.15) is 0 Å². The van der Waals surface area contributed by atoms with Gasteiger partial charge in [0, 0.05) is 30.7 Å². The van der Waals surface area contributed by atoms with E-state index in [9.17, 15) is 9.59 Å². The molecule has 4 N–H and O–H groups in total. The number of anilines is 1. The monoisotopic (exact) mass is 448 g/mol. The van der Waals surface area contributed by atoms with Crippen molar-refractivity contribution < 1.29 is 19.4 Å². The van der Waals surface area contributed by atoms with Gasteiger partial charge in [0.25, 0.3) is 5.91 Å². The molecule has 1 aromatic carbocycles. The second kappa shape index (κ2) is 9.92. The fraction of sp³-hybridized carbons (Fsp3) is 0.400. The Morgan fingerprint density at radius 1 is 1.24 bits per heavy atom. The molecule has 2 saturated heterocycles. The maximum atomic E-state index is 13.2. The molecule has 0 aliphatic carbocycles. The van der Waals surface area contributed by atoms with Crippen molar-refractivity contribution in [1.29, 1.82) is 0 Å². The molecule has 172 valence electrons. The fourth-order valence-corrected chi connectivity index (χ4v) is 4.84. The van der Waals surface area contributed by atoms with Gasteiger partial charge in [-0.25, -0.2) is 4.98 Å². The molecule has 4 rings (SSSR count). The minimum atomic E-state index is -0.489. The lowest BCUT2D eigenvalue weighted by Crippen LogP contribution is -2.50. The highest BCUT2D eigenvalue weighted by atomic mass is 16.5. The van der Waals surface area contributed by atoms with Crippen LogP contribution in [0.15, 0.2) is 36.5 Å². The summed E-state index contributed by atoms with van der Waals surface area (Å²) in [5.41, 5.74) is 6.72. The van der Waals surface area contributed by atoms with Crippen LogP contribution < -0.4 is 20.7 Å². The van der Waals surface area contributed by atoms with E-state index in [2.05, 4.69) is 27.0 Å². The molecule has 0 saturated carbocycles. The molecule has 2 atom stereocenters. The molecule has 2 unspecified atom stereocenters. The SMILES string of the molecule is COc1cccc(C(=O)NC2CC3CCC(C2)N3c2ccc(C(N)=O)cn2)c1C#CCCO. The number of nitrogens with two attached hydrogens (primary N) is 1. The predicted octanol–water partition coefficient (Wildman–Crippen LogP) is 1.85. The standard InChI is InChI=1S/C25H28N4O4/c1-33-22-7-4-6-21(20(22)5-2-3-12-30)25(32)28-17-13-18-9-10-19(14-17)29(18)23-11-8-16(15-27-23)24(26)31/h4,6-8,11,15,17-19,30H,3,9-10,12-14H2,1H3,(H2,26,31)(H,28,32). The first kappa shape index (κ1) is 22.6. The number of hydrogen-bond donors (Lipinski definition) is 3. The van der Waals surface area contributed by atoms with Gasteiger partial charge in [0.2, 0.25) is 5.91 Å². The third kappa shape index (κ3) is 4.78. The summed E-state index contributed by atoms with van der Waals surface area (Å²) in [4.78, 5) is 31.3. The van der Waals surface area contributed by atoms with Crippen molar-refractivity contribution in [2.75, 3.05) is 18.6 Å². The van der Waals surface area contributed by atoms with E-state index < -0.39 is 5.91 Å². The molecule has 3 heterocycles. The maximum Gasteiger partial charge on any atom is 0.252 e. The van der Waals surface area contributed by atoms with Crippen LogP contribution in [0.3, 0.4) is 0 Å². The van der Waals surface area contributed by atoms with Crippen LogP contribution in [-0.2, 0) is 0 Å². The third-order valence-corrected chi connectivity index (χ3v) is 6.31. The van der Waals surface area contributed by atoms with Gasteiger partial charge in [-0.15, -0.1) is 0 Å². The van der Waals surface area contributed by atoms with Crippen LogP contribution in [0, 0.1) is 11.8 Å². The van der Waals surface area contributed by atoms with E-state index in [4.69, 9.17) is 15.6 Å². The lowest BCUT2D eigenvalue weighted by molar-refractivity contribution is 0.0925. The van der Waals surface area contributed by atoms with Gasteiger partial charge in [0.1, 0.15) is 11.6 Å².